The van der Waals surface area contributed by atoms with Crippen LogP contribution in [0.25, 0.3) is 0 Å². The van der Waals surface area contributed by atoms with Crippen LogP contribution in [0.4, 0.5) is 0 Å². The van der Waals surface area contributed by atoms with Gasteiger partial charge in [-0.3, -0.25) is 38.7 Å². The Kier molecular flexibility index (Phi) is 36.2. The molecule has 67 heavy (non-hydrogen) atoms. The van der Waals surface area contributed by atoms with E-state index in [4.69, 9.17) is 9.47 Å². The van der Waals surface area contributed by atoms with Gasteiger partial charge in [-0.2, -0.15) is 0 Å². The first-order chi connectivity index (χ1) is 31.4. The highest BCUT2D eigenvalue weighted by Gasteiger charge is 2.25. The minimum atomic E-state index is -0.0296. The molecule has 3 rings (SSSR count). The van der Waals surface area contributed by atoms with Crippen molar-refractivity contribution in [3.05, 3.63) is 0 Å². The molecule has 0 aromatic rings. The van der Waals surface area contributed by atoms with Gasteiger partial charge in [0.15, 0.2) is 0 Å². The lowest BCUT2D eigenvalue weighted by Crippen LogP contribution is -2.49. The molecule has 3 saturated heterocycles. The van der Waals surface area contributed by atoms with Gasteiger partial charge in [0.25, 0.3) is 0 Å². The van der Waals surface area contributed by atoms with Crippen LogP contribution in [0.1, 0.15) is 156 Å². The molecule has 13 heteroatoms. The molecule has 0 spiro atoms. The second-order valence-corrected chi connectivity index (χ2v) is 22.6. The van der Waals surface area contributed by atoms with Crippen LogP contribution < -0.4 is 0 Å². The fraction of sp³-hybridized carbons (Fsp3) is 0.907. The standard InChI is InChI=1S/C17H32N2O3.C15H28N2O2.C12H26N2O.C10H20O/c1-14(2)12-18-6-8-19(9-7-18)17(21)11-16(20)5-10-22-13-15(3)4;1-12(2)9-14(18)10-15(19)17-7-5-16(6-8-17)11-13(3)4;1-11(2)9-13-5-7-14(8-6-13)10-15-12(3)4;1-8(2)5-6-10(11)7-9(3)4/h14-15H,5-13H2,1-4H3;12-13H,5-11H2,1-4H3;11-12H,5-10H2,1-4H3;8-9H,5-7H2,1-4H3. The number of rotatable bonds is 25. The van der Waals surface area contributed by atoms with E-state index in [2.05, 4.69) is 117 Å². The molecule has 3 fully saturated rings. The van der Waals surface area contributed by atoms with Crippen molar-refractivity contribution in [2.75, 3.05) is 118 Å². The van der Waals surface area contributed by atoms with Crippen molar-refractivity contribution in [3.63, 3.8) is 0 Å². The minimum Gasteiger partial charge on any atom is -0.381 e. The molecule has 394 valence electrons. The Balaban J connectivity index is 0.000000892. The van der Waals surface area contributed by atoms with E-state index in [-0.39, 0.29) is 36.2 Å². The maximum Gasteiger partial charge on any atom is 0.230 e. The number of hydrogen-bond donors (Lipinski definition) is 0. The highest BCUT2D eigenvalue weighted by Crippen LogP contribution is 2.12. The third-order valence-corrected chi connectivity index (χ3v) is 11.3. The van der Waals surface area contributed by atoms with Gasteiger partial charge in [-0.1, -0.05) is 96.9 Å². The highest BCUT2D eigenvalue weighted by atomic mass is 16.5. The van der Waals surface area contributed by atoms with E-state index >= 15 is 0 Å². The Morgan fingerprint density at radius 2 is 0.776 bits per heavy atom. The van der Waals surface area contributed by atoms with Gasteiger partial charge in [-0.05, 0) is 61.7 Å². The van der Waals surface area contributed by atoms with Gasteiger partial charge in [-0.25, -0.2) is 0 Å². The molecule has 2 amide bonds. The second-order valence-electron chi connectivity index (χ2n) is 22.6. The van der Waals surface area contributed by atoms with Crippen molar-refractivity contribution >= 4 is 29.2 Å². The summed E-state index contributed by atoms with van der Waals surface area (Å²) in [6.07, 6.45) is 3.88. The van der Waals surface area contributed by atoms with Crippen molar-refractivity contribution in [1.29, 1.82) is 0 Å². The number of amides is 2. The van der Waals surface area contributed by atoms with Crippen molar-refractivity contribution in [3.8, 4) is 0 Å². The number of ether oxygens (including phenoxy) is 2. The number of hydrogen-bond acceptors (Lipinski definition) is 11. The normalized spacial score (nSPS) is 16.7. The zero-order valence-corrected chi connectivity index (χ0v) is 46.3. The molecule has 0 bridgehead atoms. The number of nitrogens with zero attached hydrogens (tertiary/aromatic N) is 6. The van der Waals surface area contributed by atoms with Crippen LogP contribution in [0.2, 0.25) is 0 Å². The van der Waals surface area contributed by atoms with Crippen molar-refractivity contribution in [2.24, 2.45) is 41.4 Å². The van der Waals surface area contributed by atoms with Gasteiger partial charge in [0.1, 0.15) is 17.3 Å². The molecule has 13 nitrogen and oxygen atoms in total. The molecule has 3 heterocycles. The second kappa shape index (κ2) is 37.5. The Labute approximate surface area is 412 Å². The first-order valence-electron chi connectivity index (χ1n) is 26.6. The Bertz CT molecular complexity index is 1310. The van der Waals surface area contributed by atoms with Crippen LogP contribution in [-0.2, 0) is 33.4 Å². The monoisotopic (exact) mass is 951 g/mol. The molecule has 0 radical (unpaired) electrons. The van der Waals surface area contributed by atoms with Gasteiger partial charge >= 0.3 is 0 Å². The predicted octanol–water partition coefficient (Wildman–Crippen LogP) is 8.28. The molecule has 0 atom stereocenters. The number of Topliss-reactive ketones (excluding diaryl/α,β-unsaturated/α-hetero) is 3. The summed E-state index contributed by atoms with van der Waals surface area (Å²) in [6, 6.07) is 0. The van der Waals surface area contributed by atoms with E-state index in [0.717, 1.165) is 110 Å². The minimum absolute atomic E-state index is 0.00912. The van der Waals surface area contributed by atoms with Gasteiger partial charge < -0.3 is 24.2 Å². The summed E-state index contributed by atoms with van der Waals surface area (Å²) in [5.74, 6) is 4.54. The predicted molar refractivity (Wildman–Crippen MR) is 277 cm³/mol. The lowest BCUT2D eigenvalue weighted by atomic mass is 10.00. The third kappa shape index (κ3) is 37.2. The van der Waals surface area contributed by atoms with E-state index in [1.807, 2.05) is 23.6 Å². The maximum atomic E-state index is 12.1. The van der Waals surface area contributed by atoms with Crippen LogP contribution in [0.3, 0.4) is 0 Å². The number of piperazine rings is 3. The van der Waals surface area contributed by atoms with E-state index in [0.29, 0.717) is 73.5 Å². The smallest absolute Gasteiger partial charge is 0.230 e. The lowest BCUT2D eigenvalue weighted by Gasteiger charge is -2.35. The summed E-state index contributed by atoms with van der Waals surface area (Å²) in [7, 11) is 0. The van der Waals surface area contributed by atoms with Crippen molar-refractivity contribution < 1.29 is 33.4 Å². The molecule has 3 aliphatic rings. The van der Waals surface area contributed by atoms with Crippen molar-refractivity contribution in [1.82, 2.24) is 29.4 Å². The molecule has 0 N–H and O–H groups in total. The Hall–Kier alpha value is -2.29. The van der Waals surface area contributed by atoms with Crippen LogP contribution in [0.15, 0.2) is 0 Å². The fourth-order valence-corrected chi connectivity index (χ4v) is 7.95. The van der Waals surface area contributed by atoms with E-state index in [1.54, 1.807) is 0 Å². The molecular weight excluding hydrogens is 845 g/mol. The zero-order chi connectivity index (χ0) is 51.1. The van der Waals surface area contributed by atoms with Crippen molar-refractivity contribution in [2.45, 2.75) is 162 Å². The molecule has 0 unspecified atom stereocenters. The number of ketones is 3. The third-order valence-electron chi connectivity index (χ3n) is 11.3. The fourth-order valence-electron chi connectivity index (χ4n) is 7.95. The zero-order valence-electron chi connectivity index (χ0n) is 46.3. The first-order valence-corrected chi connectivity index (χ1v) is 26.6. The van der Waals surface area contributed by atoms with E-state index in [9.17, 15) is 24.0 Å². The van der Waals surface area contributed by atoms with Crippen LogP contribution in [0.5, 0.6) is 0 Å². The number of carbonyl (C=O) groups is 5. The Morgan fingerprint density at radius 1 is 0.403 bits per heavy atom. The summed E-state index contributed by atoms with van der Waals surface area (Å²) < 4.78 is 11.0. The summed E-state index contributed by atoms with van der Waals surface area (Å²) in [5, 5.41) is 0. The van der Waals surface area contributed by atoms with Crippen LogP contribution >= 0.6 is 0 Å². The Morgan fingerprint density at radius 3 is 1.13 bits per heavy atom. The first kappa shape index (κ1) is 64.7. The van der Waals surface area contributed by atoms with E-state index < -0.39 is 0 Å². The molecular formula is C54H106N6O7. The summed E-state index contributed by atoms with van der Waals surface area (Å²) in [5.41, 5.74) is 0. The maximum absolute atomic E-state index is 12.1. The number of carbonyl (C=O) groups excluding carboxylic acids is 5. The largest absolute Gasteiger partial charge is 0.381 e. The molecule has 0 aromatic carbocycles. The van der Waals surface area contributed by atoms with Crippen LogP contribution in [0, 0.1) is 41.4 Å². The van der Waals surface area contributed by atoms with Gasteiger partial charge in [-0.15, -0.1) is 0 Å². The molecule has 3 aliphatic heterocycles. The lowest BCUT2D eigenvalue weighted by molar-refractivity contribution is -0.138. The molecule has 0 saturated carbocycles. The average molecular weight is 951 g/mol. The van der Waals surface area contributed by atoms with Gasteiger partial charge in [0, 0.05) is 130 Å². The quantitative estimate of drug-likeness (QED) is 0.0649. The topological polar surface area (TPSA) is 123 Å². The SMILES string of the molecule is CC(C)CC(=O)CC(=O)N1CCN(CC(C)C)CC1.CC(C)CCC(=O)CC(C)C.CC(C)CN1CCN(COC(C)C)CC1.CC(C)COCCC(=O)CC(=O)N1CCN(CC(C)C)CC1. The van der Waals surface area contributed by atoms with Crippen LogP contribution in [-0.4, -0.2) is 183 Å². The summed E-state index contributed by atoms with van der Waals surface area (Å²) in [6.45, 7) is 50.9. The van der Waals surface area contributed by atoms with Gasteiger partial charge in [0.05, 0.1) is 32.3 Å². The molecule has 0 aliphatic carbocycles. The summed E-state index contributed by atoms with van der Waals surface area (Å²) >= 11 is 0. The highest BCUT2D eigenvalue weighted by molar-refractivity contribution is 5.98. The summed E-state index contributed by atoms with van der Waals surface area (Å²) in [4.78, 5) is 72.2. The molecule has 0 aromatic heterocycles. The average Bonchev–Trinajstić information content (AvgIpc) is 3.21. The van der Waals surface area contributed by atoms with Gasteiger partial charge in [0.2, 0.25) is 11.8 Å². The van der Waals surface area contributed by atoms with E-state index in [1.165, 1.54) is 19.6 Å².